The SMILES string of the molecule is Ic1cccnc1-n1cnc[n+]1I. The summed E-state index contributed by atoms with van der Waals surface area (Å²) in [4.78, 5) is 8.29. The van der Waals surface area contributed by atoms with Crippen LogP contribution in [0.1, 0.15) is 0 Å². The smallest absolute Gasteiger partial charge is 0.234 e. The molecule has 0 radical (unpaired) electrons. The second-order valence-electron chi connectivity index (χ2n) is 2.32. The van der Waals surface area contributed by atoms with Gasteiger partial charge in [0.2, 0.25) is 29.2 Å². The van der Waals surface area contributed by atoms with Crippen LogP contribution in [0.4, 0.5) is 0 Å². The summed E-state index contributed by atoms with van der Waals surface area (Å²) in [5.41, 5.74) is 0. The Hall–Kier alpha value is -0.250. The van der Waals surface area contributed by atoms with E-state index in [1.54, 1.807) is 18.9 Å². The van der Waals surface area contributed by atoms with Gasteiger partial charge in [-0.05, 0) is 39.7 Å². The number of rotatable bonds is 1. The third-order valence-electron chi connectivity index (χ3n) is 1.50. The summed E-state index contributed by atoms with van der Waals surface area (Å²) < 4.78 is 4.83. The van der Waals surface area contributed by atoms with Crippen LogP contribution in [0.25, 0.3) is 5.82 Å². The van der Waals surface area contributed by atoms with Gasteiger partial charge in [0.1, 0.15) is 0 Å². The van der Waals surface area contributed by atoms with Crippen LogP contribution >= 0.6 is 45.5 Å². The zero-order chi connectivity index (χ0) is 9.26. The quantitative estimate of drug-likeness (QED) is 0.680. The first-order valence-corrected chi connectivity index (χ1v) is 5.55. The van der Waals surface area contributed by atoms with Gasteiger partial charge in [-0.15, -0.1) is 4.68 Å². The number of nitrogens with zero attached hydrogens (tertiary/aromatic N) is 4. The lowest BCUT2D eigenvalue weighted by molar-refractivity contribution is -0.533. The van der Waals surface area contributed by atoms with Crippen molar-refractivity contribution in [2.45, 2.75) is 0 Å². The van der Waals surface area contributed by atoms with Crippen LogP contribution < -0.4 is 2.90 Å². The molecule has 2 aromatic heterocycles. The Balaban J connectivity index is 2.59. The molecule has 0 aliphatic heterocycles. The van der Waals surface area contributed by atoms with Crippen LogP contribution in [0, 0.1) is 3.57 Å². The summed E-state index contributed by atoms with van der Waals surface area (Å²) in [5, 5.41) is 0. The Labute approximate surface area is 103 Å². The van der Waals surface area contributed by atoms with Crippen molar-refractivity contribution in [1.29, 1.82) is 0 Å². The highest BCUT2D eigenvalue weighted by atomic mass is 127. The van der Waals surface area contributed by atoms with Crippen molar-refractivity contribution in [3.8, 4) is 5.82 Å². The maximum absolute atomic E-state index is 4.27. The molecule has 0 saturated heterocycles. The lowest BCUT2D eigenvalue weighted by atomic mass is 10.5. The normalized spacial score (nSPS) is 10.3. The maximum atomic E-state index is 4.27. The minimum atomic E-state index is 0.898. The monoisotopic (exact) mass is 399 g/mol. The fourth-order valence-electron chi connectivity index (χ4n) is 0.944. The predicted octanol–water partition coefficient (Wildman–Crippen LogP) is 1.36. The van der Waals surface area contributed by atoms with Gasteiger partial charge in [0.05, 0.1) is 3.57 Å². The van der Waals surface area contributed by atoms with Crippen molar-refractivity contribution in [2.75, 3.05) is 0 Å². The summed E-state index contributed by atoms with van der Waals surface area (Å²) in [6.45, 7) is 0. The van der Waals surface area contributed by atoms with Gasteiger partial charge in [-0.2, -0.15) is 0 Å². The summed E-state index contributed by atoms with van der Waals surface area (Å²) >= 11 is 4.40. The van der Waals surface area contributed by atoms with E-state index in [9.17, 15) is 0 Å². The van der Waals surface area contributed by atoms with Gasteiger partial charge < -0.3 is 0 Å². The molecular formula is C7H5I2N4+. The van der Waals surface area contributed by atoms with E-state index >= 15 is 0 Å². The Morgan fingerprint density at radius 3 is 2.92 bits per heavy atom. The number of hydrogen-bond donors (Lipinski definition) is 0. The van der Waals surface area contributed by atoms with E-state index < -0.39 is 0 Å². The van der Waals surface area contributed by atoms with E-state index in [4.69, 9.17) is 0 Å². The average molecular weight is 399 g/mol. The molecule has 0 aromatic carbocycles. The van der Waals surface area contributed by atoms with Crippen molar-refractivity contribution < 1.29 is 2.90 Å². The predicted molar refractivity (Wildman–Crippen MR) is 63.7 cm³/mol. The van der Waals surface area contributed by atoms with E-state index in [0.29, 0.717) is 0 Å². The van der Waals surface area contributed by atoms with Crippen LogP contribution in [0.5, 0.6) is 0 Å². The molecule has 4 nitrogen and oxygen atoms in total. The van der Waals surface area contributed by atoms with Gasteiger partial charge in [0.15, 0.2) is 5.82 Å². The Bertz CT molecular complexity index is 426. The van der Waals surface area contributed by atoms with E-state index in [2.05, 4.69) is 55.4 Å². The summed E-state index contributed by atoms with van der Waals surface area (Å²) in [6.07, 6.45) is 5.23. The first-order valence-electron chi connectivity index (χ1n) is 3.50. The highest BCUT2D eigenvalue weighted by Crippen LogP contribution is 2.11. The largest absolute Gasteiger partial charge is 0.316 e. The molecule has 0 N–H and O–H groups in total. The molecule has 0 unspecified atom stereocenters. The van der Waals surface area contributed by atoms with Gasteiger partial charge in [-0.1, -0.05) is 2.90 Å². The van der Waals surface area contributed by atoms with Gasteiger partial charge in [0.25, 0.3) is 0 Å². The van der Waals surface area contributed by atoms with Crippen molar-refractivity contribution >= 4 is 45.5 Å². The van der Waals surface area contributed by atoms with Crippen LogP contribution in [0.15, 0.2) is 31.0 Å². The third kappa shape index (κ3) is 1.82. The second-order valence-corrected chi connectivity index (χ2v) is 4.47. The highest BCUT2D eigenvalue weighted by Gasteiger charge is 2.10. The fourth-order valence-corrected chi connectivity index (χ4v) is 2.00. The molecule has 0 aliphatic carbocycles. The summed E-state index contributed by atoms with van der Waals surface area (Å²) in [5.74, 6) is 0.898. The van der Waals surface area contributed by atoms with Gasteiger partial charge in [-0.3, -0.25) is 0 Å². The molecule has 6 heteroatoms. The van der Waals surface area contributed by atoms with E-state index in [-0.39, 0.29) is 0 Å². The first kappa shape index (κ1) is 9.31. The van der Waals surface area contributed by atoms with Crippen LogP contribution in [0.2, 0.25) is 0 Å². The third-order valence-corrected chi connectivity index (χ3v) is 3.06. The second kappa shape index (κ2) is 3.86. The molecule has 66 valence electrons. The van der Waals surface area contributed by atoms with E-state index in [0.717, 1.165) is 9.39 Å². The minimum Gasteiger partial charge on any atom is -0.234 e. The van der Waals surface area contributed by atoms with Gasteiger partial charge in [0, 0.05) is 6.20 Å². The molecule has 2 heterocycles. The molecule has 0 fully saturated rings. The van der Waals surface area contributed by atoms with Gasteiger partial charge in [-0.25, -0.2) is 4.98 Å². The summed E-state index contributed by atoms with van der Waals surface area (Å²) in [6, 6.07) is 3.93. The van der Waals surface area contributed by atoms with E-state index in [1.165, 1.54) is 0 Å². The number of halogens is 2. The molecule has 0 spiro atoms. The van der Waals surface area contributed by atoms with Crippen molar-refractivity contribution in [3.63, 3.8) is 0 Å². The minimum absolute atomic E-state index is 0.898. The van der Waals surface area contributed by atoms with Gasteiger partial charge >= 0.3 is 6.33 Å². The summed E-state index contributed by atoms with van der Waals surface area (Å²) in [7, 11) is 0. The molecule has 0 atom stereocenters. The number of aromatic nitrogens is 4. The van der Waals surface area contributed by atoms with Crippen molar-refractivity contribution in [1.82, 2.24) is 14.6 Å². The number of hydrogen-bond acceptors (Lipinski definition) is 2. The zero-order valence-electron chi connectivity index (χ0n) is 6.43. The average Bonchev–Trinajstić information content (AvgIpc) is 2.52. The molecule has 2 rings (SSSR count). The zero-order valence-corrected chi connectivity index (χ0v) is 10.7. The van der Waals surface area contributed by atoms with Crippen LogP contribution in [-0.2, 0) is 0 Å². The van der Waals surface area contributed by atoms with Crippen molar-refractivity contribution in [3.05, 3.63) is 34.6 Å². The standard InChI is InChI=1S/C7H5I2N4/c8-6-2-1-3-11-7(6)12-4-10-5-13(12)9/h1-5H/q+1. The maximum Gasteiger partial charge on any atom is 0.316 e. The van der Waals surface area contributed by atoms with E-state index in [1.807, 2.05) is 19.7 Å². The Morgan fingerprint density at radius 1 is 1.46 bits per heavy atom. The fraction of sp³-hybridized carbons (Fsp3) is 0. The Morgan fingerprint density at radius 2 is 2.31 bits per heavy atom. The lowest BCUT2D eigenvalue weighted by Gasteiger charge is -1.99. The highest BCUT2D eigenvalue weighted by molar-refractivity contribution is 14.1. The molecule has 0 bridgehead atoms. The molecule has 0 saturated carbocycles. The molecule has 0 amide bonds. The molecular weight excluding hydrogens is 394 g/mol. The first-order chi connectivity index (χ1) is 6.29. The lowest BCUT2D eigenvalue weighted by Crippen LogP contribution is -2.30. The Kier molecular flexibility index (Phi) is 2.77. The van der Waals surface area contributed by atoms with Crippen molar-refractivity contribution in [2.24, 2.45) is 0 Å². The van der Waals surface area contributed by atoms with Crippen LogP contribution in [0.3, 0.4) is 0 Å². The topological polar surface area (TPSA) is 34.6 Å². The molecule has 13 heavy (non-hydrogen) atoms. The molecule has 2 aromatic rings. The molecule has 0 aliphatic rings. The number of pyridine rings is 1. The van der Waals surface area contributed by atoms with Crippen LogP contribution in [-0.4, -0.2) is 14.6 Å².